The number of hydrogen-bond acceptors (Lipinski definition) is 3. The lowest BCUT2D eigenvalue weighted by atomic mass is 9.93. The summed E-state index contributed by atoms with van der Waals surface area (Å²) in [5.41, 5.74) is 8.44. The Labute approximate surface area is 126 Å². The van der Waals surface area contributed by atoms with Gasteiger partial charge in [-0.2, -0.15) is 0 Å². The van der Waals surface area contributed by atoms with E-state index >= 15 is 0 Å². The van der Waals surface area contributed by atoms with Gasteiger partial charge >= 0.3 is 0 Å². The average Bonchev–Trinajstić information content (AvgIpc) is 2.47. The molecular weight excluding hydrogens is 318 g/mol. The quantitative estimate of drug-likeness (QED) is 0.903. The summed E-state index contributed by atoms with van der Waals surface area (Å²) in [5, 5.41) is 0. The van der Waals surface area contributed by atoms with Crippen molar-refractivity contribution in [2.45, 2.75) is 18.6 Å². The van der Waals surface area contributed by atoms with Gasteiger partial charge in [0.25, 0.3) is 0 Å². The van der Waals surface area contributed by atoms with Crippen LogP contribution in [0, 0.1) is 0 Å². The van der Waals surface area contributed by atoms with Crippen LogP contribution < -0.4 is 15.2 Å². The molecular formula is C16H16BrNO2. The van der Waals surface area contributed by atoms with E-state index in [0.29, 0.717) is 0 Å². The molecule has 4 heteroatoms. The molecule has 1 aliphatic rings. The summed E-state index contributed by atoms with van der Waals surface area (Å²) >= 11 is 3.57. The van der Waals surface area contributed by atoms with E-state index in [1.165, 1.54) is 0 Å². The van der Waals surface area contributed by atoms with Gasteiger partial charge in [-0.05, 0) is 12.1 Å². The third-order valence-corrected chi connectivity index (χ3v) is 4.33. The molecule has 0 aliphatic carbocycles. The predicted molar refractivity (Wildman–Crippen MR) is 82.1 cm³/mol. The fourth-order valence-electron chi connectivity index (χ4n) is 2.54. The maximum absolute atomic E-state index is 6.28. The molecule has 3 nitrogen and oxygen atoms in total. The molecule has 20 heavy (non-hydrogen) atoms. The van der Waals surface area contributed by atoms with Crippen LogP contribution in [0.25, 0.3) is 0 Å². The van der Waals surface area contributed by atoms with Gasteiger partial charge in [0.05, 0.1) is 7.11 Å². The van der Waals surface area contributed by atoms with E-state index in [0.717, 1.165) is 33.5 Å². The smallest absolute Gasteiger partial charge is 0.128 e. The Hall–Kier alpha value is -1.52. The zero-order chi connectivity index (χ0) is 14.1. The third-order valence-electron chi connectivity index (χ3n) is 3.61. The Morgan fingerprint density at radius 1 is 1.20 bits per heavy atom. The van der Waals surface area contributed by atoms with Crippen molar-refractivity contribution in [2.24, 2.45) is 5.73 Å². The van der Waals surface area contributed by atoms with Crippen LogP contribution in [0.15, 0.2) is 46.9 Å². The molecule has 2 N–H and O–H groups in total. The summed E-state index contributed by atoms with van der Waals surface area (Å²) in [5.74, 6) is 1.59. The van der Waals surface area contributed by atoms with Crippen LogP contribution in [0.5, 0.6) is 11.5 Å². The molecule has 1 aliphatic heterocycles. The highest BCUT2D eigenvalue weighted by Crippen LogP contribution is 2.42. The van der Waals surface area contributed by atoms with Gasteiger partial charge in [0.2, 0.25) is 0 Å². The van der Waals surface area contributed by atoms with Gasteiger partial charge in [-0.15, -0.1) is 0 Å². The second-order valence-electron chi connectivity index (χ2n) is 4.87. The van der Waals surface area contributed by atoms with Gasteiger partial charge in [-0.3, -0.25) is 0 Å². The van der Waals surface area contributed by atoms with E-state index in [1.807, 2.05) is 36.4 Å². The number of hydrogen-bond donors (Lipinski definition) is 1. The predicted octanol–water partition coefficient (Wildman–Crippen LogP) is 3.98. The van der Waals surface area contributed by atoms with Crippen LogP contribution in [0.2, 0.25) is 0 Å². The molecule has 1 unspecified atom stereocenters. The first-order valence-corrected chi connectivity index (χ1v) is 7.33. The number of halogens is 1. The summed E-state index contributed by atoms with van der Waals surface area (Å²) in [6, 6.07) is 13.9. The van der Waals surface area contributed by atoms with E-state index in [4.69, 9.17) is 15.2 Å². The average molecular weight is 334 g/mol. The molecule has 2 aromatic rings. The van der Waals surface area contributed by atoms with Crippen molar-refractivity contribution in [1.29, 1.82) is 0 Å². The standard InChI is InChI=1S/C16H16BrNO2/c1-19-10-6-7-12-14(18)9-16(20-15(12)8-10)11-4-2-3-5-13(11)17/h2-8,14,16H,9,18H2,1H3/t14-,16?/m0/s1. The van der Waals surface area contributed by atoms with E-state index in [2.05, 4.69) is 22.0 Å². The molecule has 0 fully saturated rings. The first-order valence-electron chi connectivity index (χ1n) is 6.53. The minimum atomic E-state index is -0.0415. The van der Waals surface area contributed by atoms with E-state index < -0.39 is 0 Å². The first kappa shape index (κ1) is 13.5. The van der Waals surface area contributed by atoms with Crippen LogP contribution in [0.4, 0.5) is 0 Å². The highest BCUT2D eigenvalue weighted by Gasteiger charge is 2.28. The van der Waals surface area contributed by atoms with Gasteiger partial charge in [0.1, 0.15) is 17.6 Å². The fraction of sp³-hybridized carbons (Fsp3) is 0.250. The first-order chi connectivity index (χ1) is 9.69. The highest BCUT2D eigenvalue weighted by molar-refractivity contribution is 9.10. The van der Waals surface area contributed by atoms with Crippen molar-refractivity contribution in [1.82, 2.24) is 0 Å². The largest absolute Gasteiger partial charge is 0.497 e. The topological polar surface area (TPSA) is 44.5 Å². The van der Waals surface area contributed by atoms with Crippen LogP contribution in [-0.2, 0) is 0 Å². The summed E-state index contributed by atoms with van der Waals surface area (Å²) in [6.07, 6.45) is 0.724. The number of rotatable bonds is 2. The summed E-state index contributed by atoms with van der Waals surface area (Å²) in [4.78, 5) is 0. The molecule has 0 aromatic heterocycles. The summed E-state index contributed by atoms with van der Waals surface area (Å²) < 4.78 is 12.4. The second-order valence-corrected chi connectivity index (χ2v) is 5.73. The second kappa shape index (κ2) is 5.46. The number of benzene rings is 2. The molecule has 3 rings (SSSR count). The van der Waals surface area contributed by atoms with Gasteiger partial charge in [-0.25, -0.2) is 0 Å². The Morgan fingerprint density at radius 2 is 2.00 bits per heavy atom. The molecule has 0 saturated heterocycles. The number of methoxy groups -OCH3 is 1. The van der Waals surface area contributed by atoms with Crippen molar-refractivity contribution < 1.29 is 9.47 Å². The molecule has 0 spiro atoms. The Kier molecular flexibility index (Phi) is 3.68. The molecule has 0 radical (unpaired) electrons. The normalized spacial score (nSPS) is 20.9. The zero-order valence-electron chi connectivity index (χ0n) is 11.2. The van der Waals surface area contributed by atoms with Crippen molar-refractivity contribution >= 4 is 15.9 Å². The van der Waals surface area contributed by atoms with Crippen molar-refractivity contribution in [3.8, 4) is 11.5 Å². The molecule has 0 bridgehead atoms. The lowest BCUT2D eigenvalue weighted by Gasteiger charge is -2.31. The monoisotopic (exact) mass is 333 g/mol. The summed E-state index contributed by atoms with van der Waals surface area (Å²) in [6.45, 7) is 0. The minimum absolute atomic E-state index is 0.0261. The van der Waals surface area contributed by atoms with Crippen LogP contribution >= 0.6 is 15.9 Å². The minimum Gasteiger partial charge on any atom is -0.497 e. The molecule has 104 valence electrons. The summed E-state index contributed by atoms with van der Waals surface area (Å²) in [7, 11) is 1.65. The number of nitrogens with two attached hydrogens (primary N) is 1. The molecule has 0 saturated carbocycles. The van der Waals surface area contributed by atoms with E-state index in [-0.39, 0.29) is 12.1 Å². The molecule has 2 atom stereocenters. The number of ether oxygens (including phenoxy) is 2. The van der Waals surface area contributed by atoms with Crippen LogP contribution in [0.3, 0.4) is 0 Å². The van der Waals surface area contributed by atoms with Crippen molar-refractivity contribution in [2.75, 3.05) is 7.11 Å². The lowest BCUT2D eigenvalue weighted by Crippen LogP contribution is -2.24. The Balaban J connectivity index is 1.97. The zero-order valence-corrected chi connectivity index (χ0v) is 12.8. The van der Waals surface area contributed by atoms with Crippen LogP contribution in [0.1, 0.15) is 29.7 Å². The maximum Gasteiger partial charge on any atom is 0.128 e. The van der Waals surface area contributed by atoms with Gasteiger partial charge < -0.3 is 15.2 Å². The van der Waals surface area contributed by atoms with Crippen molar-refractivity contribution in [3.05, 3.63) is 58.1 Å². The molecule has 1 heterocycles. The fourth-order valence-corrected chi connectivity index (χ4v) is 3.08. The van der Waals surface area contributed by atoms with Gasteiger partial charge in [0, 0.05) is 34.1 Å². The Morgan fingerprint density at radius 3 is 2.75 bits per heavy atom. The van der Waals surface area contributed by atoms with E-state index in [9.17, 15) is 0 Å². The molecule has 2 aromatic carbocycles. The van der Waals surface area contributed by atoms with E-state index in [1.54, 1.807) is 7.11 Å². The highest BCUT2D eigenvalue weighted by atomic mass is 79.9. The number of fused-ring (bicyclic) bond motifs is 1. The lowest BCUT2D eigenvalue weighted by molar-refractivity contribution is 0.160. The van der Waals surface area contributed by atoms with Crippen molar-refractivity contribution in [3.63, 3.8) is 0 Å². The van der Waals surface area contributed by atoms with Gasteiger partial charge in [0.15, 0.2) is 0 Å². The van der Waals surface area contributed by atoms with Gasteiger partial charge in [-0.1, -0.05) is 40.2 Å². The SMILES string of the molecule is COc1ccc2c(c1)OC(c1ccccc1Br)C[C@@H]2N. The third kappa shape index (κ3) is 2.41. The molecule has 0 amide bonds. The Bertz CT molecular complexity index is 630. The maximum atomic E-state index is 6.28. The van der Waals surface area contributed by atoms with Crippen LogP contribution in [-0.4, -0.2) is 7.11 Å².